The van der Waals surface area contributed by atoms with Crippen molar-refractivity contribution in [3.05, 3.63) is 27.6 Å². The van der Waals surface area contributed by atoms with Crippen LogP contribution in [0, 0.1) is 22.9 Å². The van der Waals surface area contributed by atoms with E-state index in [1.165, 1.54) is 14.0 Å². The maximum absolute atomic E-state index is 13.2. The highest BCUT2D eigenvalue weighted by Gasteiger charge is 2.20. The third-order valence-electron chi connectivity index (χ3n) is 1.90. The third-order valence-corrected chi connectivity index (χ3v) is 1.90. The first-order valence-corrected chi connectivity index (χ1v) is 3.76. The number of hydrogen-bond acceptors (Lipinski definition) is 4. The number of methoxy groups -OCH3 is 1. The molecule has 0 saturated carbocycles. The van der Waals surface area contributed by atoms with Crippen molar-refractivity contribution in [1.29, 1.82) is 0 Å². The maximum atomic E-state index is 13.2. The van der Waals surface area contributed by atoms with E-state index in [1.807, 2.05) is 0 Å². The van der Waals surface area contributed by atoms with Crippen LogP contribution in [0.25, 0.3) is 0 Å². The van der Waals surface area contributed by atoms with Crippen molar-refractivity contribution in [2.75, 3.05) is 12.8 Å². The fourth-order valence-corrected chi connectivity index (χ4v) is 1.16. The number of nitro groups is 1. The molecule has 5 nitrogen and oxygen atoms in total. The van der Waals surface area contributed by atoms with Gasteiger partial charge in [-0.15, -0.1) is 0 Å². The lowest BCUT2D eigenvalue weighted by atomic mass is 10.1. The van der Waals surface area contributed by atoms with Crippen molar-refractivity contribution in [2.24, 2.45) is 0 Å². The van der Waals surface area contributed by atoms with Gasteiger partial charge in [0.15, 0.2) is 11.6 Å². The summed E-state index contributed by atoms with van der Waals surface area (Å²) in [6, 6.07) is 0.751. The average molecular weight is 200 g/mol. The Morgan fingerprint density at radius 1 is 1.64 bits per heavy atom. The average Bonchev–Trinajstić information content (AvgIpc) is 2.12. The number of hydrogen-bond donors (Lipinski definition) is 1. The predicted octanol–water partition coefficient (Wildman–Crippen LogP) is 1.63. The Morgan fingerprint density at radius 2 is 2.21 bits per heavy atom. The summed E-state index contributed by atoms with van der Waals surface area (Å²) in [4.78, 5) is 9.71. The summed E-state index contributed by atoms with van der Waals surface area (Å²) in [5, 5.41) is 10.4. The highest BCUT2D eigenvalue weighted by atomic mass is 19.1. The number of nitrogens with zero attached hydrogens (tertiary/aromatic N) is 1. The zero-order chi connectivity index (χ0) is 10.9. The van der Waals surface area contributed by atoms with Crippen molar-refractivity contribution in [1.82, 2.24) is 0 Å². The molecular formula is C8H9FN2O3. The summed E-state index contributed by atoms with van der Waals surface area (Å²) >= 11 is 0. The molecule has 0 heterocycles. The summed E-state index contributed by atoms with van der Waals surface area (Å²) in [7, 11) is 1.27. The second-order valence-corrected chi connectivity index (χ2v) is 2.71. The van der Waals surface area contributed by atoms with Gasteiger partial charge in [0.2, 0.25) is 0 Å². The van der Waals surface area contributed by atoms with E-state index in [2.05, 4.69) is 0 Å². The molecule has 2 N–H and O–H groups in total. The Balaban J connectivity index is 3.47. The number of rotatable bonds is 2. The van der Waals surface area contributed by atoms with Gasteiger partial charge in [-0.05, 0) is 6.92 Å². The van der Waals surface area contributed by atoms with Crippen LogP contribution in [0.3, 0.4) is 0 Å². The first-order chi connectivity index (χ1) is 6.49. The lowest BCUT2D eigenvalue weighted by molar-refractivity contribution is -0.384. The quantitative estimate of drug-likeness (QED) is 0.447. The summed E-state index contributed by atoms with van der Waals surface area (Å²) in [5.74, 6) is -0.848. The van der Waals surface area contributed by atoms with Gasteiger partial charge in [-0.1, -0.05) is 0 Å². The molecule has 1 aromatic carbocycles. The van der Waals surface area contributed by atoms with E-state index >= 15 is 0 Å². The van der Waals surface area contributed by atoms with Crippen LogP contribution in [0.15, 0.2) is 6.07 Å². The van der Waals surface area contributed by atoms with E-state index < -0.39 is 16.4 Å². The van der Waals surface area contributed by atoms with Crippen molar-refractivity contribution in [2.45, 2.75) is 6.92 Å². The van der Waals surface area contributed by atoms with Gasteiger partial charge < -0.3 is 10.5 Å². The minimum Gasteiger partial charge on any atom is -0.493 e. The first kappa shape index (κ1) is 10.2. The Hall–Kier alpha value is -1.85. The van der Waals surface area contributed by atoms with Crippen LogP contribution in [0.2, 0.25) is 0 Å². The highest BCUT2D eigenvalue weighted by molar-refractivity contribution is 5.67. The topological polar surface area (TPSA) is 78.4 Å². The van der Waals surface area contributed by atoms with Crippen LogP contribution in [0.4, 0.5) is 15.8 Å². The van der Waals surface area contributed by atoms with Gasteiger partial charge in [0.1, 0.15) is 5.69 Å². The Bertz CT molecular complexity index is 393. The second-order valence-electron chi connectivity index (χ2n) is 2.71. The number of halogens is 1. The molecule has 0 radical (unpaired) electrons. The molecule has 1 rings (SSSR count). The molecule has 0 saturated heterocycles. The van der Waals surface area contributed by atoms with Crippen molar-refractivity contribution < 1.29 is 14.1 Å². The number of benzene rings is 1. The fourth-order valence-electron chi connectivity index (χ4n) is 1.16. The number of anilines is 1. The van der Waals surface area contributed by atoms with Crippen LogP contribution in [0.1, 0.15) is 5.56 Å². The van der Waals surface area contributed by atoms with Crippen LogP contribution in [-0.2, 0) is 0 Å². The minimum absolute atomic E-state index is 0.0619. The molecule has 0 aliphatic carbocycles. The lowest BCUT2D eigenvalue weighted by Gasteiger charge is -2.08. The molecule has 0 bridgehead atoms. The largest absolute Gasteiger partial charge is 0.493 e. The molecule has 0 unspecified atom stereocenters. The van der Waals surface area contributed by atoms with E-state index in [4.69, 9.17) is 10.5 Å². The van der Waals surface area contributed by atoms with Crippen LogP contribution in [0.5, 0.6) is 5.75 Å². The fraction of sp³-hybridized carbons (Fsp3) is 0.250. The molecule has 0 aromatic heterocycles. The Kier molecular flexibility index (Phi) is 2.55. The number of nitrogens with two attached hydrogens (primary N) is 1. The SMILES string of the molecule is COc1c(F)cc([N+](=O)[O-])c(N)c1C. The van der Waals surface area contributed by atoms with Crippen LogP contribution in [-0.4, -0.2) is 12.0 Å². The number of nitro benzene ring substituents is 1. The van der Waals surface area contributed by atoms with Crippen molar-refractivity contribution in [3.8, 4) is 5.75 Å². The Labute approximate surface area is 79.4 Å². The molecule has 0 amide bonds. The molecular weight excluding hydrogens is 191 g/mol. The molecule has 1 aromatic rings. The van der Waals surface area contributed by atoms with Crippen LogP contribution < -0.4 is 10.5 Å². The molecule has 14 heavy (non-hydrogen) atoms. The van der Waals surface area contributed by atoms with E-state index in [0.717, 1.165) is 6.07 Å². The number of nitrogen functional groups attached to an aromatic ring is 1. The van der Waals surface area contributed by atoms with Gasteiger partial charge in [-0.3, -0.25) is 10.1 Å². The zero-order valence-electron chi connectivity index (χ0n) is 7.70. The summed E-state index contributed by atoms with van der Waals surface area (Å²) < 4.78 is 17.9. The first-order valence-electron chi connectivity index (χ1n) is 3.76. The van der Waals surface area contributed by atoms with Gasteiger partial charge in [-0.25, -0.2) is 4.39 Å². The van der Waals surface area contributed by atoms with Crippen LogP contribution >= 0.6 is 0 Å². The van der Waals surface area contributed by atoms with Gasteiger partial charge in [-0.2, -0.15) is 0 Å². The van der Waals surface area contributed by atoms with E-state index in [0.29, 0.717) is 0 Å². The maximum Gasteiger partial charge on any atom is 0.295 e. The standard InChI is InChI=1S/C8H9FN2O3/c1-4-7(10)6(11(12)13)3-5(9)8(4)14-2/h3H,10H2,1-2H3. The van der Waals surface area contributed by atoms with E-state index in [-0.39, 0.29) is 17.0 Å². The normalized spacial score (nSPS) is 9.93. The highest BCUT2D eigenvalue weighted by Crippen LogP contribution is 2.34. The minimum atomic E-state index is -0.786. The van der Waals surface area contributed by atoms with Crippen molar-refractivity contribution in [3.63, 3.8) is 0 Å². The zero-order valence-corrected chi connectivity index (χ0v) is 7.70. The molecule has 0 fully saturated rings. The van der Waals surface area contributed by atoms with Gasteiger partial charge in [0.25, 0.3) is 5.69 Å². The second kappa shape index (κ2) is 3.49. The molecule has 0 spiro atoms. The Morgan fingerprint density at radius 3 is 2.64 bits per heavy atom. The molecule has 0 atom stereocenters. The van der Waals surface area contributed by atoms with Gasteiger partial charge in [0.05, 0.1) is 18.1 Å². The third kappa shape index (κ3) is 1.46. The van der Waals surface area contributed by atoms with E-state index in [1.54, 1.807) is 0 Å². The van der Waals surface area contributed by atoms with Gasteiger partial charge in [0, 0.05) is 5.56 Å². The lowest BCUT2D eigenvalue weighted by Crippen LogP contribution is -2.02. The summed E-state index contributed by atoms with van der Waals surface area (Å²) in [6.45, 7) is 1.46. The molecule has 0 aliphatic heterocycles. The monoisotopic (exact) mass is 200 g/mol. The molecule has 6 heteroatoms. The van der Waals surface area contributed by atoms with Gasteiger partial charge >= 0.3 is 0 Å². The number of ether oxygens (including phenoxy) is 1. The van der Waals surface area contributed by atoms with Crippen molar-refractivity contribution >= 4 is 11.4 Å². The molecule has 76 valence electrons. The molecule has 0 aliphatic rings. The predicted molar refractivity (Wildman–Crippen MR) is 48.8 cm³/mol. The smallest absolute Gasteiger partial charge is 0.295 e. The van der Waals surface area contributed by atoms with E-state index in [9.17, 15) is 14.5 Å². The summed E-state index contributed by atoms with van der Waals surface area (Å²) in [6.07, 6.45) is 0. The summed E-state index contributed by atoms with van der Waals surface area (Å²) in [5.41, 5.74) is 5.16.